The number of methoxy groups -OCH3 is 1. The van der Waals surface area contributed by atoms with Crippen molar-refractivity contribution in [3.8, 4) is 11.5 Å². The highest BCUT2D eigenvalue weighted by molar-refractivity contribution is 5.79. The van der Waals surface area contributed by atoms with Gasteiger partial charge < -0.3 is 47.5 Å². The molecule has 0 bridgehead atoms. The first-order valence-electron chi connectivity index (χ1n) is 15.1. The molecule has 1 aromatic carbocycles. The number of carbonyl (C=O) groups is 2. The number of aryl methyl sites for hydroxylation is 1. The number of rotatable bonds is 19. The molecule has 1 aromatic rings. The molecule has 0 spiro atoms. The second kappa shape index (κ2) is 18.0. The van der Waals surface area contributed by atoms with Crippen LogP contribution in [0.15, 0.2) is 22.1 Å². The van der Waals surface area contributed by atoms with Gasteiger partial charge in [-0.15, -0.1) is 0 Å². The minimum atomic E-state index is -0.551. The van der Waals surface area contributed by atoms with Gasteiger partial charge in [-0.2, -0.15) is 0 Å². The normalized spacial score (nSPS) is 16.8. The van der Waals surface area contributed by atoms with E-state index in [1.54, 1.807) is 11.0 Å². The number of aliphatic hydroxyl groups is 1. The summed E-state index contributed by atoms with van der Waals surface area (Å²) in [6, 6.07) is 3.58. The van der Waals surface area contributed by atoms with Gasteiger partial charge in [0.05, 0.1) is 13.2 Å². The van der Waals surface area contributed by atoms with E-state index in [-0.39, 0.29) is 42.0 Å². The Kier molecular flexibility index (Phi) is 14.9. The van der Waals surface area contributed by atoms with Crippen molar-refractivity contribution >= 4 is 23.8 Å². The number of ether oxygens (including phenoxy) is 2. The van der Waals surface area contributed by atoms with Crippen molar-refractivity contribution in [2.75, 3.05) is 26.7 Å². The number of aliphatic hydroxyl groups excluding tert-OH is 1. The molecular formula is C30H51N7O6. The van der Waals surface area contributed by atoms with Crippen molar-refractivity contribution in [1.82, 2.24) is 4.90 Å². The Hall–Kier alpha value is -3.74. The molecule has 1 fully saturated rings. The van der Waals surface area contributed by atoms with Gasteiger partial charge in [0.2, 0.25) is 5.91 Å². The molecule has 13 heteroatoms. The molecule has 1 amide bonds. The average Bonchev–Trinajstić information content (AvgIpc) is 3.29. The van der Waals surface area contributed by atoms with Gasteiger partial charge in [-0.1, -0.05) is 32.3 Å². The number of nitrogens with two attached hydrogens (primary N) is 4. The molecular weight excluding hydrogens is 554 g/mol. The van der Waals surface area contributed by atoms with Crippen LogP contribution in [0, 0.1) is 11.8 Å². The number of benzene rings is 1. The minimum absolute atomic E-state index is 0.00338. The summed E-state index contributed by atoms with van der Waals surface area (Å²) in [6.07, 6.45) is 4.98. The van der Waals surface area contributed by atoms with Crippen LogP contribution in [0.4, 0.5) is 0 Å². The summed E-state index contributed by atoms with van der Waals surface area (Å²) in [7, 11) is 1.47. The maximum atomic E-state index is 13.1. The molecule has 0 saturated carbocycles. The van der Waals surface area contributed by atoms with E-state index < -0.39 is 18.2 Å². The molecule has 0 aliphatic carbocycles. The number of amides is 1. The van der Waals surface area contributed by atoms with Crippen molar-refractivity contribution in [2.24, 2.45) is 44.8 Å². The summed E-state index contributed by atoms with van der Waals surface area (Å²) in [5.74, 6) is -0.252. The summed E-state index contributed by atoms with van der Waals surface area (Å²) in [5, 5.41) is 21.4. The Labute approximate surface area is 254 Å². The molecule has 0 radical (unpaired) electrons. The Morgan fingerprint density at radius 3 is 2.47 bits per heavy atom. The molecule has 1 aliphatic rings. The van der Waals surface area contributed by atoms with E-state index in [4.69, 9.17) is 32.4 Å². The van der Waals surface area contributed by atoms with Gasteiger partial charge in [0.25, 0.3) is 0 Å². The lowest BCUT2D eigenvalue weighted by molar-refractivity contribution is -0.148. The summed E-state index contributed by atoms with van der Waals surface area (Å²) in [4.78, 5) is 34.7. The van der Waals surface area contributed by atoms with Gasteiger partial charge in [0.15, 0.2) is 23.4 Å². The smallest absolute Gasteiger partial charge is 0.302 e. The van der Waals surface area contributed by atoms with Crippen molar-refractivity contribution in [3.05, 3.63) is 23.3 Å². The molecule has 1 aliphatic heterocycles. The maximum absolute atomic E-state index is 13.1. The van der Waals surface area contributed by atoms with E-state index in [2.05, 4.69) is 16.9 Å². The second-order valence-electron chi connectivity index (χ2n) is 11.3. The molecule has 2 rings (SSSR count). The second-order valence-corrected chi connectivity index (χ2v) is 11.3. The van der Waals surface area contributed by atoms with Gasteiger partial charge in [-0.3, -0.25) is 19.6 Å². The van der Waals surface area contributed by atoms with Crippen molar-refractivity contribution in [3.63, 3.8) is 0 Å². The number of esters is 1. The molecule has 13 nitrogen and oxygen atoms in total. The van der Waals surface area contributed by atoms with Crippen LogP contribution in [0.3, 0.4) is 0 Å². The van der Waals surface area contributed by atoms with Gasteiger partial charge in [-0.25, -0.2) is 0 Å². The van der Waals surface area contributed by atoms with E-state index >= 15 is 0 Å². The third kappa shape index (κ3) is 12.6. The largest absolute Gasteiger partial charge is 0.504 e. The average molecular weight is 606 g/mol. The van der Waals surface area contributed by atoms with Crippen molar-refractivity contribution in [2.45, 2.75) is 90.4 Å². The first-order valence-corrected chi connectivity index (χ1v) is 15.1. The number of unbranched alkanes of at least 4 members (excludes halogenated alkanes) is 2. The lowest BCUT2D eigenvalue weighted by Gasteiger charge is -2.23. The van der Waals surface area contributed by atoms with E-state index in [1.807, 2.05) is 6.07 Å². The maximum Gasteiger partial charge on any atom is 0.302 e. The molecule has 10 N–H and O–H groups in total. The third-order valence-corrected chi connectivity index (χ3v) is 7.77. The predicted octanol–water partition coefficient (Wildman–Crippen LogP) is 1.50. The number of hydrogen-bond acceptors (Lipinski definition) is 8. The Morgan fingerprint density at radius 1 is 1.12 bits per heavy atom. The molecule has 4 atom stereocenters. The Bertz CT molecular complexity index is 1100. The summed E-state index contributed by atoms with van der Waals surface area (Å²) < 4.78 is 10.9. The zero-order chi connectivity index (χ0) is 31.9. The quantitative estimate of drug-likeness (QED) is 0.0576. The summed E-state index contributed by atoms with van der Waals surface area (Å²) in [6.45, 7) is 4.86. The number of hydrogen-bond donors (Lipinski definition) is 6. The van der Waals surface area contributed by atoms with Gasteiger partial charge in [-0.05, 0) is 49.1 Å². The predicted molar refractivity (Wildman–Crippen MR) is 166 cm³/mol. The molecule has 43 heavy (non-hydrogen) atoms. The van der Waals surface area contributed by atoms with E-state index in [9.17, 15) is 19.8 Å². The van der Waals surface area contributed by atoms with Crippen molar-refractivity contribution < 1.29 is 29.3 Å². The van der Waals surface area contributed by atoms with Gasteiger partial charge >= 0.3 is 5.97 Å². The molecule has 1 heterocycles. The number of guanidine groups is 2. The highest BCUT2D eigenvalue weighted by Crippen LogP contribution is 2.35. The van der Waals surface area contributed by atoms with Crippen LogP contribution in [0.2, 0.25) is 0 Å². The van der Waals surface area contributed by atoms with Crippen LogP contribution in [0.5, 0.6) is 11.5 Å². The van der Waals surface area contributed by atoms with Crippen LogP contribution < -0.4 is 27.7 Å². The topological polar surface area (TPSA) is 225 Å². The van der Waals surface area contributed by atoms with Crippen molar-refractivity contribution in [1.29, 1.82) is 0 Å². The first kappa shape index (κ1) is 35.5. The lowest BCUT2D eigenvalue weighted by atomic mass is 9.88. The molecule has 242 valence electrons. The number of phenols is 1. The number of likely N-dealkylation sites (tertiary alicyclic amines) is 1. The van der Waals surface area contributed by atoms with Crippen LogP contribution in [0.25, 0.3) is 0 Å². The zero-order valence-electron chi connectivity index (χ0n) is 25.8. The molecule has 0 aromatic heterocycles. The number of nitrogens with zero attached hydrogens (tertiary/aromatic N) is 3. The van der Waals surface area contributed by atoms with Gasteiger partial charge in [0.1, 0.15) is 6.10 Å². The highest BCUT2D eigenvalue weighted by Gasteiger charge is 2.35. The van der Waals surface area contributed by atoms with E-state index in [0.717, 1.165) is 24.8 Å². The minimum Gasteiger partial charge on any atom is -0.504 e. The summed E-state index contributed by atoms with van der Waals surface area (Å²) >= 11 is 0. The fourth-order valence-corrected chi connectivity index (χ4v) is 5.52. The fraction of sp³-hybridized carbons (Fsp3) is 0.667. The Balaban J connectivity index is 2.15. The molecule has 1 saturated heterocycles. The van der Waals surface area contributed by atoms with Crippen LogP contribution in [-0.4, -0.2) is 77.9 Å². The number of aliphatic imine (C=N–C) groups is 2. The number of phenolic OH excluding ortho intramolecular Hbond substituents is 1. The fourth-order valence-electron chi connectivity index (χ4n) is 5.52. The lowest BCUT2D eigenvalue weighted by Crippen LogP contribution is -2.29. The third-order valence-electron chi connectivity index (χ3n) is 7.77. The first-order chi connectivity index (χ1) is 20.4. The highest BCUT2D eigenvalue weighted by atomic mass is 16.5. The molecule has 4 unspecified atom stereocenters. The van der Waals surface area contributed by atoms with Gasteiger partial charge in [0, 0.05) is 51.5 Å². The number of carbonyl (C=O) groups excluding carboxylic acids is 2. The van der Waals surface area contributed by atoms with Crippen LogP contribution >= 0.6 is 0 Å². The van der Waals surface area contributed by atoms with E-state index in [0.29, 0.717) is 69.5 Å². The monoisotopic (exact) mass is 605 g/mol. The summed E-state index contributed by atoms with van der Waals surface area (Å²) in [5.41, 5.74) is 23.4. The zero-order valence-corrected chi connectivity index (χ0v) is 25.8. The van der Waals surface area contributed by atoms with Crippen LogP contribution in [-0.2, 0) is 27.3 Å². The number of aromatic hydroxyl groups is 1. The van der Waals surface area contributed by atoms with Crippen LogP contribution in [0.1, 0.15) is 76.3 Å². The Morgan fingerprint density at radius 2 is 1.84 bits per heavy atom. The SMILES string of the molecule is CCCCCC(O)CC(CCc1cc(CN2CC(C(CCN=C(N)N)CN=C(N)N)CC2=O)c(O)c(OC)c1)OC(C)=O. The standard InChI is InChI=1S/C30H51N7O6/c1-4-5-6-7-24(39)15-25(43-19(2)38)9-8-20-12-23(28(41)26(13-20)42-3)18-37-17-22(14-27(37)40)21(16-36-30(33)34)10-11-35-29(31)32/h12-13,21-22,24-25,39,41H,4-11,14-18H2,1-3H3,(H4,31,32,35)(H4,33,34,36). The van der Waals surface area contributed by atoms with E-state index in [1.165, 1.54) is 14.0 Å².